The van der Waals surface area contributed by atoms with Gasteiger partial charge >= 0.3 is 0 Å². The average molecular weight is 387 g/mol. The number of rotatable bonds is 2. The van der Waals surface area contributed by atoms with Crippen LogP contribution < -0.4 is 5.32 Å². The third kappa shape index (κ3) is 3.42. The van der Waals surface area contributed by atoms with Crippen LogP contribution in [-0.4, -0.2) is 5.91 Å². The minimum atomic E-state index is -0.401. The van der Waals surface area contributed by atoms with Crippen LogP contribution in [0.25, 0.3) is 0 Å². The van der Waals surface area contributed by atoms with Gasteiger partial charge in [-0.25, -0.2) is 4.39 Å². The highest BCUT2D eigenvalue weighted by Gasteiger charge is 2.12. The fraction of sp³-hybridized carbons (Fsp3) is 0.0714. The lowest BCUT2D eigenvalue weighted by Crippen LogP contribution is -2.13. The summed E-state index contributed by atoms with van der Waals surface area (Å²) >= 11 is 6.62. The summed E-state index contributed by atoms with van der Waals surface area (Å²) < 4.78 is 14.5. The zero-order valence-corrected chi connectivity index (χ0v) is 13.2. The van der Waals surface area contributed by atoms with Crippen molar-refractivity contribution in [2.45, 2.75) is 6.92 Å². The molecule has 2 nitrogen and oxygen atoms in total. The van der Waals surface area contributed by atoms with Crippen LogP contribution in [0.2, 0.25) is 0 Å². The van der Waals surface area contributed by atoms with Gasteiger partial charge in [0.05, 0.1) is 11.3 Å². The van der Waals surface area contributed by atoms with Gasteiger partial charge < -0.3 is 5.32 Å². The highest BCUT2D eigenvalue weighted by atomic mass is 79.9. The van der Waals surface area contributed by atoms with E-state index in [4.69, 9.17) is 0 Å². The number of aryl methyl sites for hydroxylation is 1. The van der Waals surface area contributed by atoms with E-state index in [9.17, 15) is 9.18 Å². The smallest absolute Gasteiger partial charge is 0.256 e. The van der Waals surface area contributed by atoms with Crippen molar-refractivity contribution in [3.05, 3.63) is 62.3 Å². The number of hydrogen-bond acceptors (Lipinski definition) is 1. The molecule has 2 rings (SSSR count). The Morgan fingerprint density at radius 2 is 1.84 bits per heavy atom. The molecule has 0 spiro atoms. The number of halogens is 3. The fourth-order valence-corrected chi connectivity index (χ4v) is 2.61. The lowest BCUT2D eigenvalue weighted by atomic mass is 10.1. The van der Waals surface area contributed by atoms with E-state index in [1.165, 1.54) is 12.1 Å². The molecule has 0 aromatic heterocycles. The third-order valence-electron chi connectivity index (χ3n) is 2.55. The van der Waals surface area contributed by atoms with Crippen molar-refractivity contribution in [1.29, 1.82) is 0 Å². The molecule has 1 N–H and O–H groups in total. The maximum atomic E-state index is 13.2. The van der Waals surface area contributed by atoms with Crippen molar-refractivity contribution in [1.82, 2.24) is 0 Å². The first-order valence-electron chi connectivity index (χ1n) is 5.50. The Bertz CT molecular complexity index is 643. The van der Waals surface area contributed by atoms with E-state index in [1.807, 2.05) is 19.1 Å². The third-order valence-corrected chi connectivity index (χ3v) is 3.89. The normalized spacial score (nSPS) is 10.3. The van der Waals surface area contributed by atoms with Crippen molar-refractivity contribution >= 4 is 43.5 Å². The van der Waals surface area contributed by atoms with Crippen molar-refractivity contribution in [3.63, 3.8) is 0 Å². The Labute approximate surface area is 127 Å². The largest absolute Gasteiger partial charge is 0.321 e. The molecule has 98 valence electrons. The monoisotopic (exact) mass is 385 g/mol. The van der Waals surface area contributed by atoms with Gasteiger partial charge in [-0.2, -0.15) is 0 Å². The number of anilines is 1. The van der Waals surface area contributed by atoms with E-state index in [0.29, 0.717) is 20.2 Å². The van der Waals surface area contributed by atoms with Gasteiger partial charge in [0.25, 0.3) is 5.91 Å². The van der Waals surface area contributed by atoms with Crippen LogP contribution in [0, 0.1) is 12.7 Å². The minimum absolute atomic E-state index is 0.293. The first kappa shape index (κ1) is 14.2. The molecule has 0 heterocycles. The molecule has 19 heavy (non-hydrogen) atoms. The zero-order valence-electron chi connectivity index (χ0n) is 10.0. The second-order valence-corrected chi connectivity index (χ2v) is 5.77. The van der Waals surface area contributed by atoms with E-state index in [2.05, 4.69) is 37.2 Å². The number of carbonyl (C=O) groups excluding carboxylic acids is 1. The highest BCUT2D eigenvalue weighted by Crippen LogP contribution is 2.25. The first-order valence-corrected chi connectivity index (χ1v) is 7.08. The van der Waals surface area contributed by atoms with Crippen LogP contribution in [0.1, 0.15) is 15.9 Å². The number of hydrogen-bond donors (Lipinski definition) is 1. The molecule has 0 radical (unpaired) electrons. The Morgan fingerprint density at radius 1 is 1.11 bits per heavy atom. The van der Waals surface area contributed by atoms with Crippen LogP contribution in [0.3, 0.4) is 0 Å². The molecule has 2 aromatic carbocycles. The quantitative estimate of drug-likeness (QED) is 0.780. The summed E-state index contributed by atoms with van der Waals surface area (Å²) in [4.78, 5) is 12.1. The number of nitrogens with one attached hydrogen (secondary N) is 1. The van der Waals surface area contributed by atoms with Gasteiger partial charge in [0.15, 0.2) is 0 Å². The van der Waals surface area contributed by atoms with E-state index in [1.54, 1.807) is 12.1 Å². The Hall–Kier alpha value is -1.20. The van der Waals surface area contributed by atoms with Crippen molar-refractivity contribution in [2.75, 3.05) is 5.32 Å². The molecule has 0 aliphatic carbocycles. The van der Waals surface area contributed by atoms with Crippen LogP contribution in [-0.2, 0) is 0 Å². The van der Waals surface area contributed by atoms with Gasteiger partial charge in [0.1, 0.15) is 5.82 Å². The second kappa shape index (κ2) is 5.84. The van der Waals surface area contributed by atoms with Crippen LogP contribution in [0.4, 0.5) is 10.1 Å². The van der Waals surface area contributed by atoms with Gasteiger partial charge in [-0.1, -0.05) is 6.07 Å². The molecule has 0 fully saturated rings. The Kier molecular flexibility index (Phi) is 4.37. The predicted molar refractivity (Wildman–Crippen MR) is 80.9 cm³/mol. The first-order chi connectivity index (χ1) is 8.97. The maximum Gasteiger partial charge on any atom is 0.256 e. The lowest BCUT2D eigenvalue weighted by molar-refractivity contribution is 0.102. The van der Waals surface area contributed by atoms with Crippen LogP contribution in [0.15, 0.2) is 45.3 Å². The van der Waals surface area contributed by atoms with E-state index >= 15 is 0 Å². The summed E-state index contributed by atoms with van der Waals surface area (Å²) in [6, 6.07) is 9.57. The molecule has 0 unspecified atom stereocenters. The van der Waals surface area contributed by atoms with E-state index in [0.717, 1.165) is 5.56 Å². The molecule has 1 amide bonds. The fourth-order valence-electron chi connectivity index (χ4n) is 1.59. The molecule has 0 bridgehead atoms. The van der Waals surface area contributed by atoms with Gasteiger partial charge in [-0.3, -0.25) is 4.79 Å². The summed E-state index contributed by atoms with van der Waals surface area (Å²) in [7, 11) is 0. The molecule has 0 aliphatic heterocycles. The minimum Gasteiger partial charge on any atom is -0.321 e. The Balaban J connectivity index is 2.28. The standard InChI is InChI=1S/C14H10Br2FNO/c1-8-2-4-10(12(16)6-8)14(19)18-13-7-9(17)3-5-11(13)15/h2-7H,1H3,(H,18,19). The summed E-state index contributed by atoms with van der Waals surface area (Å²) in [5.74, 6) is -0.695. The zero-order chi connectivity index (χ0) is 14.0. The van der Waals surface area contributed by atoms with Crippen molar-refractivity contribution in [3.8, 4) is 0 Å². The molecular formula is C14H10Br2FNO. The van der Waals surface area contributed by atoms with Gasteiger partial charge in [-0.05, 0) is 74.7 Å². The molecule has 0 saturated carbocycles. The second-order valence-electron chi connectivity index (χ2n) is 4.06. The van der Waals surface area contributed by atoms with Crippen molar-refractivity contribution < 1.29 is 9.18 Å². The molecule has 0 atom stereocenters. The summed E-state index contributed by atoms with van der Waals surface area (Å²) in [6.07, 6.45) is 0. The SMILES string of the molecule is Cc1ccc(C(=O)Nc2cc(F)ccc2Br)c(Br)c1. The summed E-state index contributed by atoms with van der Waals surface area (Å²) in [5.41, 5.74) is 1.95. The van der Waals surface area contributed by atoms with Crippen LogP contribution >= 0.6 is 31.9 Å². The molecule has 2 aromatic rings. The molecule has 0 aliphatic rings. The maximum absolute atomic E-state index is 13.2. The number of amides is 1. The number of benzene rings is 2. The Morgan fingerprint density at radius 3 is 2.53 bits per heavy atom. The molecule has 0 saturated heterocycles. The topological polar surface area (TPSA) is 29.1 Å². The summed E-state index contributed by atoms with van der Waals surface area (Å²) in [5, 5.41) is 2.67. The van der Waals surface area contributed by atoms with Gasteiger partial charge in [-0.15, -0.1) is 0 Å². The van der Waals surface area contributed by atoms with Crippen molar-refractivity contribution in [2.24, 2.45) is 0 Å². The molecular weight excluding hydrogens is 377 g/mol. The van der Waals surface area contributed by atoms with Gasteiger partial charge in [0, 0.05) is 8.95 Å². The predicted octanol–water partition coefficient (Wildman–Crippen LogP) is 4.91. The van der Waals surface area contributed by atoms with E-state index < -0.39 is 5.82 Å². The van der Waals surface area contributed by atoms with Crippen LogP contribution in [0.5, 0.6) is 0 Å². The number of carbonyl (C=O) groups is 1. The average Bonchev–Trinajstić information content (AvgIpc) is 2.33. The van der Waals surface area contributed by atoms with E-state index in [-0.39, 0.29) is 5.91 Å². The van der Waals surface area contributed by atoms with Gasteiger partial charge in [0.2, 0.25) is 0 Å². The lowest BCUT2D eigenvalue weighted by Gasteiger charge is -2.09. The highest BCUT2D eigenvalue weighted by molar-refractivity contribution is 9.11. The summed E-state index contributed by atoms with van der Waals surface area (Å²) in [6.45, 7) is 1.94. The molecule has 5 heteroatoms.